The van der Waals surface area contributed by atoms with Crippen molar-refractivity contribution in [2.24, 2.45) is 20.3 Å². The number of anilines is 1. The summed E-state index contributed by atoms with van der Waals surface area (Å²) >= 11 is 0. The summed E-state index contributed by atoms with van der Waals surface area (Å²) in [6, 6.07) is 0. The van der Waals surface area contributed by atoms with Crippen LogP contribution in [0.5, 0.6) is 0 Å². The molecule has 0 spiro atoms. The van der Waals surface area contributed by atoms with Gasteiger partial charge in [0.2, 0.25) is 0 Å². The molecule has 10 nitrogen and oxygen atoms in total. The predicted molar refractivity (Wildman–Crippen MR) is 84.2 cm³/mol. The van der Waals surface area contributed by atoms with E-state index in [-0.39, 0.29) is 11.7 Å². The molecule has 0 aromatic carbocycles. The van der Waals surface area contributed by atoms with Gasteiger partial charge in [-0.2, -0.15) is 5.11 Å². The molecule has 4 heterocycles. The van der Waals surface area contributed by atoms with Crippen molar-refractivity contribution in [2.45, 2.75) is 12.6 Å². The van der Waals surface area contributed by atoms with Gasteiger partial charge >= 0.3 is 0 Å². The molecule has 0 amide bonds. The van der Waals surface area contributed by atoms with Crippen LogP contribution in [0, 0.1) is 0 Å². The van der Waals surface area contributed by atoms with Crippen molar-refractivity contribution in [2.75, 3.05) is 44.4 Å². The van der Waals surface area contributed by atoms with Gasteiger partial charge in [0, 0.05) is 25.7 Å². The maximum Gasteiger partial charge on any atom is 0.297 e. The van der Waals surface area contributed by atoms with E-state index in [9.17, 15) is 4.79 Å². The Morgan fingerprint density at radius 1 is 1.26 bits per heavy atom. The number of H-pyrrole nitrogens is 1. The SMILES string of the molecule is O=c1c(N2CCN=N2)c[nH]n1C1=NC=NC(N2CCOCC2)C1. The molecule has 0 aliphatic carbocycles. The van der Waals surface area contributed by atoms with Gasteiger partial charge < -0.3 is 4.74 Å². The average molecular weight is 318 g/mol. The van der Waals surface area contributed by atoms with Gasteiger partial charge in [0.05, 0.1) is 26.3 Å². The van der Waals surface area contributed by atoms with Gasteiger partial charge in [-0.05, 0) is 0 Å². The third-order valence-electron chi connectivity index (χ3n) is 4.15. The summed E-state index contributed by atoms with van der Waals surface area (Å²) in [5, 5.41) is 12.4. The Bertz CT molecular complexity index is 712. The van der Waals surface area contributed by atoms with Gasteiger partial charge in [-0.1, -0.05) is 5.22 Å². The van der Waals surface area contributed by atoms with Crippen LogP contribution in [-0.2, 0) is 4.74 Å². The highest BCUT2D eigenvalue weighted by atomic mass is 16.5. The summed E-state index contributed by atoms with van der Waals surface area (Å²) in [5.41, 5.74) is 0.319. The molecule has 3 aliphatic heterocycles. The molecule has 1 aromatic rings. The van der Waals surface area contributed by atoms with E-state index < -0.39 is 0 Å². The molecule has 23 heavy (non-hydrogen) atoms. The Morgan fingerprint density at radius 2 is 2.13 bits per heavy atom. The summed E-state index contributed by atoms with van der Waals surface area (Å²) in [4.78, 5) is 23.5. The second kappa shape index (κ2) is 6.05. The minimum atomic E-state index is -0.166. The van der Waals surface area contributed by atoms with Crippen molar-refractivity contribution in [1.82, 2.24) is 14.7 Å². The summed E-state index contributed by atoms with van der Waals surface area (Å²) in [6.07, 6.45) is 3.75. The molecule has 1 saturated heterocycles. The van der Waals surface area contributed by atoms with Gasteiger partial charge in [0.15, 0.2) is 0 Å². The lowest BCUT2D eigenvalue weighted by Gasteiger charge is -2.32. The van der Waals surface area contributed by atoms with Gasteiger partial charge in [0.25, 0.3) is 5.56 Å². The average Bonchev–Trinajstić information content (AvgIpc) is 3.25. The second-order valence-corrected chi connectivity index (χ2v) is 5.52. The molecule has 1 N–H and O–H groups in total. The highest BCUT2D eigenvalue weighted by Gasteiger charge is 2.26. The summed E-state index contributed by atoms with van der Waals surface area (Å²) in [6.45, 7) is 4.34. The minimum Gasteiger partial charge on any atom is -0.379 e. The first-order valence-electron chi connectivity index (χ1n) is 7.69. The fraction of sp³-hybridized carbons (Fsp3) is 0.615. The van der Waals surface area contributed by atoms with Crippen LogP contribution >= 0.6 is 0 Å². The first kappa shape index (κ1) is 14.3. The first-order chi connectivity index (χ1) is 11.3. The van der Waals surface area contributed by atoms with E-state index in [1.54, 1.807) is 11.2 Å². The molecule has 10 heteroatoms. The van der Waals surface area contributed by atoms with Gasteiger partial charge in [-0.15, -0.1) is 0 Å². The van der Waals surface area contributed by atoms with Gasteiger partial charge in [-0.3, -0.25) is 19.8 Å². The number of morpholine rings is 1. The van der Waals surface area contributed by atoms with Crippen LogP contribution in [0.4, 0.5) is 5.69 Å². The number of hydrogen-bond donors (Lipinski definition) is 1. The molecule has 0 bridgehead atoms. The molecular formula is C13H18N8O2. The maximum absolute atomic E-state index is 12.6. The molecule has 4 rings (SSSR count). The second-order valence-electron chi connectivity index (χ2n) is 5.52. The number of nitrogens with one attached hydrogen (secondary N) is 1. The summed E-state index contributed by atoms with van der Waals surface area (Å²) in [7, 11) is 0. The van der Waals surface area contributed by atoms with E-state index in [1.807, 2.05) is 0 Å². The highest BCUT2D eigenvalue weighted by molar-refractivity contribution is 5.92. The third-order valence-corrected chi connectivity index (χ3v) is 4.15. The number of aliphatic imine (C=N–C) groups is 2. The van der Waals surface area contributed by atoms with E-state index >= 15 is 0 Å². The smallest absolute Gasteiger partial charge is 0.297 e. The Hall–Kier alpha value is -2.33. The third kappa shape index (κ3) is 2.70. The lowest BCUT2D eigenvalue weighted by atomic mass is 10.2. The quantitative estimate of drug-likeness (QED) is 0.808. The number of ether oxygens (including phenoxy) is 1. The van der Waals surface area contributed by atoms with Crippen molar-refractivity contribution >= 4 is 17.9 Å². The van der Waals surface area contributed by atoms with Crippen LogP contribution in [0.25, 0.3) is 0 Å². The number of nitrogens with zero attached hydrogens (tertiary/aromatic N) is 7. The fourth-order valence-corrected chi connectivity index (χ4v) is 2.90. The van der Waals surface area contributed by atoms with Gasteiger partial charge in [-0.25, -0.2) is 14.7 Å². The molecule has 3 aliphatic rings. The zero-order valence-electron chi connectivity index (χ0n) is 12.6. The monoisotopic (exact) mass is 318 g/mol. The van der Waals surface area contributed by atoms with Crippen LogP contribution in [-0.4, -0.2) is 72.4 Å². The number of aromatic amines is 1. The molecular weight excluding hydrogens is 300 g/mol. The largest absolute Gasteiger partial charge is 0.379 e. The van der Waals surface area contributed by atoms with Crippen molar-refractivity contribution in [3.63, 3.8) is 0 Å². The van der Waals surface area contributed by atoms with Crippen molar-refractivity contribution < 1.29 is 4.74 Å². The zero-order valence-corrected chi connectivity index (χ0v) is 12.6. The molecule has 1 atom stereocenters. The molecule has 0 saturated carbocycles. The predicted octanol–water partition coefficient (Wildman–Crippen LogP) is -0.299. The highest BCUT2D eigenvalue weighted by Crippen LogP contribution is 2.15. The lowest BCUT2D eigenvalue weighted by molar-refractivity contribution is 0.0195. The molecule has 1 fully saturated rings. The van der Waals surface area contributed by atoms with Crippen LogP contribution in [0.3, 0.4) is 0 Å². The minimum absolute atomic E-state index is 0.00322. The van der Waals surface area contributed by atoms with E-state index in [2.05, 4.69) is 30.3 Å². The standard InChI is InChI=1S/C13H18N8O2/c22-13-10(20-2-1-16-18-20)8-17-21(13)12-7-11(14-9-15-12)19-3-5-23-6-4-19/h8-9,11,17H,1-7H2. The van der Waals surface area contributed by atoms with Crippen molar-refractivity contribution in [1.29, 1.82) is 0 Å². The topological polar surface area (TPSA) is 103 Å². The van der Waals surface area contributed by atoms with E-state index in [0.29, 0.717) is 44.2 Å². The molecule has 122 valence electrons. The van der Waals surface area contributed by atoms with E-state index in [1.165, 1.54) is 11.0 Å². The molecule has 1 aromatic heterocycles. The number of hydrogen-bond acceptors (Lipinski definition) is 8. The Balaban J connectivity index is 1.54. The van der Waals surface area contributed by atoms with Crippen molar-refractivity contribution in [3.05, 3.63) is 16.6 Å². The van der Waals surface area contributed by atoms with Crippen LogP contribution in [0.15, 0.2) is 31.3 Å². The first-order valence-corrected chi connectivity index (χ1v) is 7.69. The number of rotatable bonds is 2. The Kier molecular flexibility index (Phi) is 3.75. The molecule has 1 unspecified atom stereocenters. The normalized spacial score (nSPS) is 25.1. The maximum atomic E-state index is 12.6. The molecule has 0 radical (unpaired) electrons. The van der Waals surface area contributed by atoms with Crippen LogP contribution < -0.4 is 10.6 Å². The van der Waals surface area contributed by atoms with Gasteiger partial charge in [0.1, 0.15) is 24.0 Å². The van der Waals surface area contributed by atoms with Crippen molar-refractivity contribution in [3.8, 4) is 0 Å². The lowest BCUT2D eigenvalue weighted by Crippen LogP contribution is -2.45. The summed E-state index contributed by atoms with van der Waals surface area (Å²) in [5.74, 6) is 0.656. The van der Waals surface area contributed by atoms with Crippen LogP contribution in [0.1, 0.15) is 6.42 Å². The number of aromatic nitrogens is 2. The van der Waals surface area contributed by atoms with Crippen LogP contribution in [0.2, 0.25) is 0 Å². The Morgan fingerprint density at radius 3 is 2.91 bits per heavy atom. The zero-order chi connectivity index (χ0) is 15.6. The Labute approximate surface area is 132 Å². The van der Waals surface area contributed by atoms with E-state index in [4.69, 9.17) is 4.74 Å². The fourth-order valence-electron chi connectivity index (χ4n) is 2.90. The van der Waals surface area contributed by atoms with E-state index in [0.717, 1.165) is 13.1 Å². The summed E-state index contributed by atoms with van der Waals surface area (Å²) < 4.78 is 6.83.